The Bertz CT molecular complexity index is 515. The number of rotatable bonds is 4. The number of nitrogens with zero attached hydrogens (tertiary/aromatic N) is 3. The molecule has 20 heavy (non-hydrogen) atoms. The van der Waals surface area contributed by atoms with Gasteiger partial charge in [-0.1, -0.05) is 12.1 Å². The first-order valence-electron chi connectivity index (χ1n) is 6.43. The van der Waals surface area contributed by atoms with Crippen molar-refractivity contribution >= 4 is 0 Å². The van der Waals surface area contributed by atoms with Gasteiger partial charge in [-0.05, 0) is 24.3 Å². The van der Waals surface area contributed by atoms with Gasteiger partial charge < -0.3 is 17.7 Å². The van der Waals surface area contributed by atoms with Gasteiger partial charge in [-0.15, -0.1) is 0 Å². The molecule has 0 radical (unpaired) electrons. The van der Waals surface area contributed by atoms with Crippen LogP contribution in [-0.2, 0) is 13.1 Å². The van der Waals surface area contributed by atoms with E-state index in [-0.39, 0.29) is 12.4 Å². The van der Waals surface area contributed by atoms with Crippen molar-refractivity contribution in [1.82, 2.24) is 15.3 Å². The highest BCUT2D eigenvalue weighted by molar-refractivity contribution is 5.05. The highest BCUT2D eigenvalue weighted by Crippen LogP contribution is 2.20. The van der Waals surface area contributed by atoms with Gasteiger partial charge in [0.15, 0.2) is 6.67 Å². The van der Waals surface area contributed by atoms with Crippen molar-refractivity contribution in [2.45, 2.75) is 13.1 Å². The summed E-state index contributed by atoms with van der Waals surface area (Å²) >= 11 is 0. The van der Waals surface area contributed by atoms with Crippen molar-refractivity contribution in [3.8, 4) is 0 Å². The Kier molecular flexibility index (Phi) is 4.71. The average molecular weight is 289 g/mol. The second kappa shape index (κ2) is 6.50. The van der Waals surface area contributed by atoms with Gasteiger partial charge in [-0.2, -0.15) is 0 Å². The smallest absolute Gasteiger partial charge is 0.156 e. The standard InChI is InChI=1S/C15H17N4.ClH/c1-3-7-17-14(5-1)11-19(10-9-16-13-19)12-15-6-2-4-8-18-15;/h1-10,16H,11-13H2;1H/q+1;/p-1. The second-order valence-corrected chi connectivity index (χ2v) is 4.85. The lowest BCUT2D eigenvalue weighted by Crippen LogP contribution is -3.00. The summed E-state index contributed by atoms with van der Waals surface area (Å²) in [7, 11) is 0. The molecule has 0 saturated heterocycles. The zero-order valence-electron chi connectivity index (χ0n) is 11.1. The molecule has 0 amide bonds. The summed E-state index contributed by atoms with van der Waals surface area (Å²) in [4.78, 5) is 8.86. The molecular weight excluding hydrogens is 272 g/mol. The highest BCUT2D eigenvalue weighted by Gasteiger charge is 2.29. The van der Waals surface area contributed by atoms with Crippen LogP contribution in [0.5, 0.6) is 0 Å². The fourth-order valence-electron chi connectivity index (χ4n) is 2.40. The first kappa shape index (κ1) is 14.5. The molecule has 5 heteroatoms. The molecule has 0 unspecified atom stereocenters. The topological polar surface area (TPSA) is 37.8 Å². The molecule has 104 valence electrons. The van der Waals surface area contributed by atoms with Crippen LogP contribution < -0.4 is 17.7 Å². The van der Waals surface area contributed by atoms with E-state index in [9.17, 15) is 0 Å². The van der Waals surface area contributed by atoms with E-state index in [4.69, 9.17) is 0 Å². The van der Waals surface area contributed by atoms with Gasteiger partial charge in [0.05, 0.1) is 17.6 Å². The molecule has 1 aliphatic heterocycles. The summed E-state index contributed by atoms with van der Waals surface area (Å²) in [6, 6.07) is 12.1. The first-order chi connectivity index (χ1) is 9.36. The number of quaternary nitrogens is 1. The molecule has 0 bridgehead atoms. The first-order valence-corrected chi connectivity index (χ1v) is 6.43. The summed E-state index contributed by atoms with van der Waals surface area (Å²) in [6.07, 6.45) is 7.91. The predicted molar refractivity (Wildman–Crippen MR) is 73.3 cm³/mol. The van der Waals surface area contributed by atoms with Gasteiger partial charge in [-0.25, -0.2) is 0 Å². The average Bonchev–Trinajstić information content (AvgIpc) is 2.89. The molecule has 3 heterocycles. The molecule has 1 N–H and O–H groups in total. The molecule has 0 fully saturated rings. The van der Waals surface area contributed by atoms with Crippen molar-refractivity contribution in [2.24, 2.45) is 0 Å². The Morgan fingerprint density at radius 3 is 1.95 bits per heavy atom. The molecule has 3 rings (SSSR count). The molecule has 0 atom stereocenters. The van der Waals surface area contributed by atoms with E-state index in [1.165, 1.54) is 0 Å². The maximum absolute atomic E-state index is 4.43. The fraction of sp³-hybridized carbons (Fsp3) is 0.200. The zero-order valence-corrected chi connectivity index (χ0v) is 11.9. The van der Waals surface area contributed by atoms with E-state index in [0.717, 1.165) is 35.6 Å². The lowest BCUT2D eigenvalue weighted by molar-refractivity contribution is -0.903. The van der Waals surface area contributed by atoms with Crippen LogP contribution in [0.2, 0.25) is 0 Å². The Morgan fingerprint density at radius 2 is 1.55 bits per heavy atom. The molecule has 2 aromatic heterocycles. The highest BCUT2D eigenvalue weighted by atomic mass is 35.5. The minimum Gasteiger partial charge on any atom is -1.00 e. The van der Waals surface area contributed by atoms with Crippen LogP contribution in [0.25, 0.3) is 0 Å². The molecule has 1 aliphatic rings. The quantitative estimate of drug-likeness (QED) is 0.736. The van der Waals surface area contributed by atoms with Crippen molar-refractivity contribution < 1.29 is 16.9 Å². The van der Waals surface area contributed by atoms with Crippen LogP contribution in [0.3, 0.4) is 0 Å². The van der Waals surface area contributed by atoms with Gasteiger partial charge in [-0.3, -0.25) is 14.5 Å². The Balaban J connectivity index is 0.00000147. The van der Waals surface area contributed by atoms with Gasteiger partial charge >= 0.3 is 0 Å². The van der Waals surface area contributed by atoms with Crippen LogP contribution in [0.1, 0.15) is 11.4 Å². The van der Waals surface area contributed by atoms with Crippen molar-refractivity contribution in [1.29, 1.82) is 0 Å². The van der Waals surface area contributed by atoms with E-state index in [0.29, 0.717) is 0 Å². The Morgan fingerprint density at radius 1 is 0.950 bits per heavy atom. The number of aromatic nitrogens is 2. The minimum absolute atomic E-state index is 0. The van der Waals surface area contributed by atoms with E-state index >= 15 is 0 Å². The SMILES string of the molecule is C1=C[N+](Cc2ccccn2)(Cc2ccccn2)CN1.[Cl-]. The lowest BCUT2D eigenvalue weighted by Gasteiger charge is -2.30. The minimum atomic E-state index is 0. The summed E-state index contributed by atoms with van der Waals surface area (Å²) < 4.78 is 0.814. The van der Waals surface area contributed by atoms with Crippen molar-refractivity contribution in [3.05, 3.63) is 72.6 Å². The Labute approximate surface area is 125 Å². The summed E-state index contributed by atoms with van der Waals surface area (Å²) in [5, 5.41) is 3.29. The van der Waals surface area contributed by atoms with Crippen LogP contribution >= 0.6 is 0 Å². The van der Waals surface area contributed by atoms with E-state index in [2.05, 4.69) is 33.6 Å². The maximum Gasteiger partial charge on any atom is 0.156 e. The normalized spacial score (nSPS) is 15.4. The third-order valence-corrected chi connectivity index (χ3v) is 3.32. The van der Waals surface area contributed by atoms with Gasteiger partial charge in [0.25, 0.3) is 0 Å². The molecular formula is C15H17ClN4. The van der Waals surface area contributed by atoms with Gasteiger partial charge in [0.1, 0.15) is 19.3 Å². The third-order valence-electron chi connectivity index (χ3n) is 3.32. The molecule has 0 aromatic carbocycles. The van der Waals surface area contributed by atoms with E-state index in [1.807, 2.05) is 42.9 Å². The summed E-state index contributed by atoms with van der Waals surface area (Å²) in [5.41, 5.74) is 2.21. The van der Waals surface area contributed by atoms with E-state index < -0.39 is 0 Å². The van der Waals surface area contributed by atoms with Crippen LogP contribution in [0.4, 0.5) is 0 Å². The Hall–Kier alpha value is -1.91. The van der Waals surface area contributed by atoms with Gasteiger partial charge in [0.2, 0.25) is 0 Å². The second-order valence-electron chi connectivity index (χ2n) is 4.85. The summed E-state index contributed by atoms with van der Waals surface area (Å²) in [6.45, 7) is 2.63. The molecule has 0 aliphatic carbocycles. The fourth-order valence-corrected chi connectivity index (χ4v) is 2.40. The lowest BCUT2D eigenvalue weighted by atomic mass is 10.2. The number of pyridine rings is 2. The van der Waals surface area contributed by atoms with Gasteiger partial charge in [0, 0.05) is 12.4 Å². The monoisotopic (exact) mass is 288 g/mol. The maximum atomic E-state index is 4.43. The molecule has 0 saturated carbocycles. The van der Waals surface area contributed by atoms with E-state index in [1.54, 1.807) is 0 Å². The number of hydrogen-bond acceptors (Lipinski definition) is 3. The summed E-state index contributed by atoms with van der Waals surface area (Å²) in [5.74, 6) is 0. The number of halogens is 1. The zero-order chi connectivity index (χ0) is 13.0. The molecule has 4 nitrogen and oxygen atoms in total. The van der Waals surface area contributed by atoms with Crippen molar-refractivity contribution in [3.63, 3.8) is 0 Å². The van der Waals surface area contributed by atoms with Crippen molar-refractivity contribution in [2.75, 3.05) is 6.67 Å². The van der Waals surface area contributed by atoms with Crippen LogP contribution in [0.15, 0.2) is 61.2 Å². The molecule has 0 spiro atoms. The predicted octanol–water partition coefficient (Wildman–Crippen LogP) is -0.970. The van der Waals surface area contributed by atoms with Crippen LogP contribution in [0, 0.1) is 0 Å². The number of nitrogens with one attached hydrogen (secondary N) is 1. The number of hydrogen-bond donors (Lipinski definition) is 1. The molecule has 2 aromatic rings. The third kappa shape index (κ3) is 3.35. The largest absolute Gasteiger partial charge is 1.00 e. The van der Waals surface area contributed by atoms with Crippen LogP contribution in [-0.4, -0.2) is 21.1 Å².